The zero-order chi connectivity index (χ0) is 29.1. The van der Waals surface area contributed by atoms with E-state index >= 15 is 0 Å². The Bertz CT molecular complexity index is 1360. The van der Waals surface area contributed by atoms with Gasteiger partial charge in [0, 0.05) is 29.9 Å². The lowest BCUT2D eigenvalue weighted by Crippen LogP contribution is -2.30. The van der Waals surface area contributed by atoms with Gasteiger partial charge >= 0.3 is 12.0 Å². The first-order valence-electron chi connectivity index (χ1n) is 12.4. The van der Waals surface area contributed by atoms with Gasteiger partial charge < -0.3 is 35.8 Å². The molecule has 3 aromatic carbocycles. The molecule has 0 fully saturated rings. The summed E-state index contributed by atoms with van der Waals surface area (Å²) >= 11 is 0. The number of carboxylic acid groups (broad SMARTS) is 1. The molecule has 0 saturated carbocycles. The van der Waals surface area contributed by atoms with Gasteiger partial charge in [0.25, 0.3) is 0 Å². The Hall–Kier alpha value is -5.06. The minimum Gasteiger partial charge on any atom is -0.493 e. The van der Waals surface area contributed by atoms with Crippen molar-refractivity contribution in [2.24, 2.45) is 0 Å². The number of benzene rings is 3. The smallest absolute Gasteiger partial charge is 0.323 e. The normalized spacial score (nSPS) is 11.1. The molecule has 11 nitrogen and oxygen atoms in total. The lowest BCUT2D eigenvalue weighted by atomic mass is 10.0. The Morgan fingerprint density at radius 3 is 2.02 bits per heavy atom. The number of ether oxygens (including phenoxy) is 2. The van der Waals surface area contributed by atoms with Gasteiger partial charge in [-0.2, -0.15) is 0 Å². The van der Waals surface area contributed by atoms with Gasteiger partial charge in [-0.05, 0) is 60.5 Å². The number of nitrogens with one attached hydrogen (secondary N) is 4. The van der Waals surface area contributed by atoms with Crippen LogP contribution in [0.2, 0.25) is 0 Å². The number of carbonyl (C=O) groups excluding carboxylic acids is 3. The predicted molar refractivity (Wildman–Crippen MR) is 151 cm³/mol. The molecule has 3 rings (SSSR count). The molecule has 0 aromatic heterocycles. The highest BCUT2D eigenvalue weighted by Gasteiger charge is 2.20. The fourth-order valence-corrected chi connectivity index (χ4v) is 3.85. The van der Waals surface area contributed by atoms with Gasteiger partial charge in [0.2, 0.25) is 11.8 Å². The van der Waals surface area contributed by atoms with Crippen LogP contribution in [0.1, 0.15) is 36.4 Å². The van der Waals surface area contributed by atoms with Crippen molar-refractivity contribution >= 4 is 40.9 Å². The summed E-state index contributed by atoms with van der Waals surface area (Å²) in [6.45, 7) is 1.89. The molecule has 5 N–H and O–H groups in total. The number of rotatable bonds is 12. The average Bonchev–Trinajstić information content (AvgIpc) is 2.93. The second-order valence-electron chi connectivity index (χ2n) is 8.85. The van der Waals surface area contributed by atoms with E-state index < -0.39 is 29.9 Å². The molecule has 0 heterocycles. The van der Waals surface area contributed by atoms with Gasteiger partial charge in [-0.3, -0.25) is 14.4 Å². The van der Waals surface area contributed by atoms with Crippen LogP contribution in [-0.2, 0) is 14.4 Å². The Morgan fingerprint density at radius 2 is 1.40 bits per heavy atom. The summed E-state index contributed by atoms with van der Waals surface area (Å²) in [6.07, 6.45) is -0.610. The van der Waals surface area contributed by atoms with Crippen LogP contribution in [0.3, 0.4) is 0 Å². The number of methoxy groups -OCH3 is 2. The molecule has 3 aromatic rings. The third kappa shape index (κ3) is 8.76. The van der Waals surface area contributed by atoms with Gasteiger partial charge in [0.15, 0.2) is 11.5 Å². The van der Waals surface area contributed by atoms with Crippen LogP contribution in [0.5, 0.6) is 11.5 Å². The Labute approximate surface area is 231 Å². The monoisotopic (exact) mass is 548 g/mol. The van der Waals surface area contributed by atoms with E-state index in [4.69, 9.17) is 9.47 Å². The highest BCUT2D eigenvalue weighted by Crippen LogP contribution is 2.31. The van der Waals surface area contributed by atoms with Crippen molar-refractivity contribution in [3.63, 3.8) is 0 Å². The fraction of sp³-hybridized carbons (Fsp3) is 0.241. The van der Waals surface area contributed by atoms with Crippen LogP contribution in [0.25, 0.3) is 0 Å². The second kappa shape index (κ2) is 14.2. The van der Waals surface area contributed by atoms with E-state index in [0.29, 0.717) is 34.1 Å². The fourth-order valence-electron chi connectivity index (χ4n) is 3.85. The SMILES string of the molecule is COc1ccc(C(CC(=O)O)NC(=O)CCC(=O)Nc2ccc(NC(=O)Nc3ccccc3C)cc2)cc1OC. The van der Waals surface area contributed by atoms with Gasteiger partial charge in [0.05, 0.1) is 26.7 Å². The zero-order valence-corrected chi connectivity index (χ0v) is 22.4. The summed E-state index contributed by atoms with van der Waals surface area (Å²) in [4.78, 5) is 48.6. The summed E-state index contributed by atoms with van der Waals surface area (Å²) in [5, 5.41) is 20.2. The Kier molecular flexibility index (Phi) is 10.5. The first-order chi connectivity index (χ1) is 19.2. The number of hydrogen-bond donors (Lipinski definition) is 5. The van der Waals surface area contributed by atoms with Crippen LogP contribution in [0.15, 0.2) is 66.7 Å². The van der Waals surface area contributed by atoms with Crippen molar-refractivity contribution in [1.29, 1.82) is 0 Å². The topological polar surface area (TPSA) is 155 Å². The number of hydrogen-bond acceptors (Lipinski definition) is 6. The van der Waals surface area contributed by atoms with E-state index in [1.54, 1.807) is 48.5 Å². The highest BCUT2D eigenvalue weighted by atomic mass is 16.5. The third-order valence-electron chi connectivity index (χ3n) is 5.92. The predicted octanol–water partition coefficient (Wildman–Crippen LogP) is 4.71. The van der Waals surface area contributed by atoms with Crippen molar-refractivity contribution in [2.75, 3.05) is 30.2 Å². The molecule has 1 atom stereocenters. The third-order valence-corrected chi connectivity index (χ3v) is 5.92. The molecule has 0 radical (unpaired) electrons. The van der Waals surface area contributed by atoms with Crippen LogP contribution < -0.4 is 30.7 Å². The summed E-state index contributed by atoms with van der Waals surface area (Å²) in [5.41, 5.74) is 3.18. The standard InChI is InChI=1S/C29H32N4O7/c1-18-6-4-5-7-22(18)33-29(38)31-21-11-9-20(10-12-21)30-26(34)14-15-27(35)32-23(17-28(36)37)19-8-13-24(39-2)25(16-19)40-3/h4-13,16,23H,14-15,17H2,1-3H3,(H,30,34)(H,32,35)(H,36,37)(H2,31,33,38). The molecule has 210 valence electrons. The lowest BCUT2D eigenvalue weighted by molar-refractivity contribution is -0.138. The Morgan fingerprint density at radius 1 is 0.775 bits per heavy atom. The summed E-state index contributed by atoms with van der Waals surface area (Å²) in [6, 6.07) is 17.6. The van der Waals surface area contributed by atoms with Crippen LogP contribution in [0.4, 0.5) is 21.9 Å². The van der Waals surface area contributed by atoms with Gasteiger partial charge in [0.1, 0.15) is 0 Å². The summed E-state index contributed by atoms with van der Waals surface area (Å²) < 4.78 is 10.5. The number of aliphatic carboxylic acids is 1. The van der Waals surface area contributed by atoms with Gasteiger partial charge in [-0.1, -0.05) is 24.3 Å². The number of anilines is 3. The van der Waals surface area contributed by atoms with E-state index in [9.17, 15) is 24.3 Å². The van der Waals surface area contributed by atoms with Gasteiger partial charge in [-0.25, -0.2) is 4.79 Å². The lowest BCUT2D eigenvalue weighted by Gasteiger charge is -2.19. The maximum Gasteiger partial charge on any atom is 0.323 e. The van der Waals surface area contributed by atoms with Crippen molar-refractivity contribution in [1.82, 2.24) is 5.32 Å². The molecule has 0 aliphatic carbocycles. The molecule has 11 heteroatoms. The minimum atomic E-state index is -1.09. The second-order valence-corrected chi connectivity index (χ2v) is 8.85. The maximum absolute atomic E-state index is 12.6. The summed E-state index contributed by atoms with van der Waals surface area (Å²) in [5.74, 6) is -1.09. The van der Waals surface area contributed by atoms with Crippen molar-refractivity contribution in [2.45, 2.75) is 32.2 Å². The van der Waals surface area contributed by atoms with Crippen LogP contribution in [0, 0.1) is 6.92 Å². The molecule has 40 heavy (non-hydrogen) atoms. The van der Waals surface area contributed by atoms with E-state index in [0.717, 1.165) is 5.56 Å². The number of urea groups is 1. The number of aryl methyl sites for hydroxylation is 1. The number of amides is 4. The van der Waals surface area contributed by atoms with Crippen LogP contribution >= 0.6 is 0 Å². The number of carboxylic acids is 1. The van der Waals surface area contributed by atoms with Crippen molar-refractivity contribution in [3.8, 4) is 11.5 Å². The zero-order valence-electron chi connectivity index (χ0n) is 22.4. The van der Waals surface area contributed by atoms with Crippen molar-refractivity contribution in [3.05, 3.63) is 77.9 Å². The van der Waals surface area contributed by atoms with E-state index in [1.165, 1.54) is 14.2 Å². The Balaban J connectivity index is 1.50. The molecule has 0 bridgehead atoms. The number of para-hydroxylation sites is 1. The highest BCUT2D eigenvalue weighted by molar-refractivity contribution is 6.00. The molecule has 0 saturated heterocycles. The van der Waals surface area contributed by atoms with E-state index in [-0.39, 0.29) is 19.3 Å². The number of carbonyl (C=O) groups is 4. The van der Waals surface area contributed by atoms with Gasteiger partial charge in [-0.15, -0.1) is 0 Å². The molecular weight excluding hydrogens is 516 g/mol. The molecule has 0 spiro atoms. The molecule has 0 aliphatic heterocycles. The maximum atomic E-state index is 12.6. The van der Waals surface area contributed by atoms with Crippen LogP contribution in [-0.4, -0.2) is 43.1 Å². The largest absolute Gasteiger partial charge is 0.493 e. The summed E-state index contributed by atoms with van der Waals surface area (Å²) in [7, 11) is 2.94. The van der Waals surface area contributed by atoms with E-state index in [2.05, 4.69) is 21.3 Å². The first-order valence-corrected chi connectivity index (χ1v) is 12.4. The van der Waals surface area contributed by atoms with E-state index in [1.807, 2.05) is 25.1 Å². The van der Waals surface area contributed by atoms with Crippen molar-refractivity contribution < 1.29 is 33.8 Å². The quantitative estimate of drug-likeness (QED) is 0.220. The molecule has 0 aliphatic rings. The first kappa shape index (κ1) is 29.5. The molecule has 4 amide bonds. The average molecular weight is 549 g/mol. The minimum absolute atomic E-state index is 0.115. The molecular formula is C29H32N4O7. The molecule has 1 unspecified atom stereocenters.